The number of hydrogen-bond donors (Lipinski definition) is 3. The van der Waals surface area contributed by atoms with Crippen LogP contribution in [0.3, 0.4) is 0 Å². The van der Waals surface area contributed by atoms with Crippen LogP contribution >= 0.6 is 7.82 Å². The molecule has 0 aromatic carbocycles. The highest BCUT2D eigenvalue weighted by Gasteiger charge is 2.27. The summed E-state index contributed by atoms with van der Waals surface area (Å²) >= 11 is 0. The third kappa shape index (κ3) is 38.5. The predicted octanol–water partition coefficient (Wildman–Crippen LogP) is 11.0. The maximum absolute atomic E-state index is 12.6. The Morgan fingerprint density at radius 1 is 0.547 bits per heavy atom. The molecule has 0 radical (unpaired) electrons. The van der Waals surface area contributed by atoms with Crippen LogP contribution in [-0.2, 0) is 32.7 Å². The van der Waals surface area contributed by atoms with Crippen LogP contribution in [0.5, 0.6) is 0 Å². The summed E-state index contributed by atoms with van der Waals surface area (Å²) in [6, 6.07) is 0. The Labute approximate surface area is 323 Å². The molecule has 0 amide bonds. The fourth-order valence-electron chi connectivity index (χ4n) is 5.75. The number of carbonyl (C=O) groups is 2. The van der Waals surface area contributed by atoms with E-state index < -0.39 is 51.8 Å². The lowest BCUT2D eigenvalue weighted by Gasteiger charge is -2.20. The third-order valence-corrected chi connectivity index (χ3v) is 10.0. The Bertz CT molecular complexity index is 941. The molecule has 53 heavy (non-hydrogen) atoms. The van der Waals surface area contributed by atoms with Gasteiger partial charge in [-0.15, -0.1) is 0 Å². The molecule has 0 heterocycles. The molecular formula is C42H79O10P. The summed E-state index contributed by atoms with van der Waals surface area (Å²) in [7, 11) is -4.62. The van der Waals surface area contributed by atoms with Crippen LogP contribution < -0.4 is 0 Å². The minimum absolute atomic E-state index is 0.174. The lowest BCUT2D eigenvalue weighted by molar-refractivity contribution is -0.161. The van der Waals surface area contributed by atoms with Gasteiger partial charge in [-0.1, -0.05) is 141 Å². The molecule has 0 aliphatic heterocycles. The molecule has 11 heteroatoms. The van der Waals surface area contributed by atoms with Gasteiger partial charge in [0.15, 0.2) is 6.10 Å². The molecular weight excluding hydrogens is 695 g/mol. The number of carbonyl (C=O) groups excluding carboxylic acids is 2. The molecule has 10 nitrogen and oxygen atoms in total. The number of unbranched alkanes of at least 4 members (excludes halogenated alkanes) is 22. The van der Waals surface area contributed by atoms with Crippen molar-refractivity contribution in [3.8, 4) is 0 Å². The van der Waals surface area contributed by atoms with E-state index in [0.717, 1.165) is 77.0 Å². The zero-order chi connectivity index (χ0) is 39.1. The number of esters is 2. The summed E-state index contributed by atoms with van der Waals surface area (Å²) in [5, 5.41) is 18.3. The maximum atomic E-state index is 12.6. The summed E-state index contributed by atoms with van der Waals surface area (Å²) < 4.78 is 32.7. The van der Waals surface area contributed by atoms with E-state index in [1.807, 2.05) is 0 Å². The van der Waals surface area contributed by atoms with Crippen LogP contribution in [0, 0.1) is 0 Å². The fraction of sp³-hybridized carbons (Fsp3) is 0.857. The first-order valence-electron chi connectivity index (χ1n) is 21.3. The third-order valence-electron chi connectivity index (χ3n) is 9.08. The van der Waals surface area contributed by atoms with Gasteiger partial charge in [-0.3, -0.25) is 18.6 Å². The SMILES string of the molecule is CCCCCCC/C=C\CCCCCCCC(=O)OCC(COP(=O)(O)OCC(O)CO)OC(=O)CCCCCCC/C=C\CCCCCCCCC. The van der Waals surface area contributed by atoms with E-state index in [0.29, 0.717) is 12.8 Å². The molecule has 3 unspecified atom stereocenters. The van der Waals surface area contributed by atoms with Crippen LogP contribution in [0.15, 0.2) is 24.3 Å². The lowest BCUT2D eigenvalue weighted by atomic mass is 10.1. The first-order chi connectivity index (χ1) is 25.7. The smallest absolute Gasteiger partial charge is 0.462 e. The molecule has 0 saturated heterocycles. The number of aliphatic hydroxyl groups excluding tert-OH is 2. The first-order valence-corrected chi connectivity index (χ1v) is 22.8. The quantitative estimate of drug-likeness (QED) is 0.0238. The first kappa shape index (κ1) is 51.5. The number of phosphoric ester groups is 1. The highest BCUT2D eigenvalue weighted by molar-refractivity contribution is 7.47. The Kier molecular flexibility index (Phi) is 37.6. The highest BCUT2D eigenvalue weighted by Crippen LogP contribution is 2.43. The van der Waals surface area contributed by atoms with Crippen molar-refractivity contribution in [3.63, 3.8) is 0 Å². The van der Waals surface area contributed by atoms with Crippen LogP contribution in [0.2, 0.25) is 0 Å². The minimum Gasteiger partial charge on any atom is -0.462 e. The predicted molar refractivity (Wildman–Crippen MR) is 215 cm³/mol. The molecule has 0 aromatic heterocycles. The minimum atomic E-state index is -4.62. The second-order valence-electron chi connectivity index (χ2n) is 14.4. The summed E-state index contributed by atoms with van der Waals surface area (Å²) in [6.07, 6.45) is 37.1. The van der Waals surface area contributed by atoms with E-state index in [9.17, 15) is 24.2 Å². The zero-order valence-electron chi connectivity index (χ0n) is 33.7. The van der Waals surface area contributed by atoms with Gasteiger partial charge >= 0.3 is 19.8 Å². The number of rotatable bonds is 40. The molecule has 3 N–H and O–H groups in total. The van der Waals surface area contributed by atoms with Gasteiger partial charge in [0, 0.05) is 12.8 Å². The fourth-order valence-corrected chi connectivity index (χ4v) is 6.54. The van der Waals surface area contributed by atoms with Crippen molar-refractivity contribution in [1.82, 2.24) is 0 Å². The van der Waals surface area contributed by atoms with Crippen molar-refractivity contribution in [2.45, 2.75) is 206 Å². The number of aliphatic hydroxyl groups is 2. The van der Waals surface area contributed by atoms with E-state index in [2.05, 4.69) is 42.7 Å². The topological polar surface area (TPSA) is 149 Å². The van der Waals surface area contributed by atoms with E-state index in [1.54, 1.807) is 0 Å². The monoisotopic (exact) mass is 775 g/mol. The molecule has 3 atom stereocenters. The molecule has 0 fully saturated rings. The van der Waals surface area contributed by atoms with E-state index in [1.165, 1.54) is 77.0 Å². The van der Waals surface area contributed by atoms with Gasteiger partial charge in [0.05, 0.1) is 19.8 Å². The summed E-state index contributed by atoms with van der Waals surface area (Å²) in [6.45, 7) is 2.36. The van der Waals surface area contributed by atoms with Crippen molar-refractivity contribution in [1.29, 1.82) is 0 Å². The highest BCUT2D eigenvalue weighted by atomic mass is 31.2. The van der Waals surface area contributed by atoms with Gasteiger partial charge in [-0.25, -0.2) is 4.57 Å². The van der Waals surface area contributed by atoms with Gasteiger partial charge in [-0.05, 0) is 64.2 Å². The van der Waals surface area contributed by atoms with Gasteiger partial charge in [0.25, 0.3) is 0 Å². The van der Waals surface area contributed by atoms with Crippen molar-refractivity contribution < 1.29 is 47.8 Å². The molecule has 0 aromatic rings. The molecule has 0 rings (SSSR count). The molecule has 0 spiro atoms. The summed E-state index contributed by atoms with van der Waals surface area (Å²) in [5.41, 5.74) is 0. The number of ether oxygens (including phenoxy) is 2. The van der Waals surface area contributed by atoms with Crippen molar-refractivity contribution >= 4 is 19.8 Å². The van der Waals surface area contributed by atoms with Crippen LogP contribution in [-0.4, -0.2) is 65.7 Å². The Hall–Kier alpha value is -1.55. The van der Waals surface area contributed by atoms with Gasteiger partial charge < -0.3 is 24.6 Å². The molecule has 0 saturated carbocycles. The summed E-state index contributed by atoms with van der Waals surface area (Å²) in [5.74, 6) is -0.941. The zero-order valence-corrected chi connectivity index (χ0v) is 34.6. The standard InChI is InChI=1S/C42H79O10P/c1-3-5-7-9-11-13-15-17-19-20-22-24-26-28-30-32-34-42(46)52-40(38-51-53(47,48)50-36-39(44)35-43)37-49-41(45)33-31-29-27-25-23-21-18-16-14-12-10-8-6-4-2/h16,18-20,39-40,43-44H,3-15,17,21-38H2,1-2H3,(H,47,48)/b18-16-,20-19-. The molecule has 0 bridgehead atoms. The molecule has 312 valence electrons. The number of allylic oxidation sites excluding steroid dienone is 4. The average Bonchev–Trinajstić information content (AvgIpc) is 3.14. The molecule has 0 aliphatic carbocycles. The van der Waals surface area contributed by atoms with E-state index in [4.69, 9.17) is 19.1 Å². The number of hydrogen-bond acceptors (Lipinski definition) is 9. The van der Waals surface area contributed by atoms with Crippen LogP contribution in [0.1, 0.15) is 194 Å². The number of phosphoric acid groups is 1. The summed E-state index contributed by atoms with van der Waals surface area (Å²) in [4.78, 5) is 34.9. The molecule has 0 aliphatic rings. The van der Waals surface area contributed by atoms with E-state index in [-0.39, 0.29) is 19.4 Å². The maximum Gasteiger partial charge on any atom is 0.472 e. The van der Waals surface area contributed by atoms with E-state index >= 15 is 0 Å². The largest absolute Gasteiger partial charge is 0.472 e. The van der Waals surface area contributed by atoms with Crippen molar-refractivity contribution in [2.75, 3.05) is 26.4 Å². The van der Waals surface area contributed by atoms with Crippen LogP contribution in [0.4, 0.5) is 0 Å². The van der Waals surface area contributed by atoms with Gasteiger partial charge in [-0.2, -0.15) is 0 Å². The Morgan fingerprint density at radius 2 is 0.925 bits per heavy atom. The van der Waals surface area contributed by atoms with Gasteiger partial charge in [0.1, 0.15) is 12.7 Å². The normalized spacial score (nSPS) is 14.1. The van der Waals surface area contributed by atoms with Crippen molar-refractivity contribution in [2.24, 2.45) is 0 Å². The Morgan fingerprint density at radius 3 is 1.36 bits per heavy atom. The average molecular weight is 775 g/mol. The van der Waals surface area contributed by atoms with Crippen molar-refractivity contribution in [3.05, 3.63) is 24.3 Å². The second-order valence-corrected chi connectivity index (χ2v) is 15.8. The second kappa shape index (κ2) is 38.7. The van der Waals surface area contributed by atoms with Crippen LogP contribution in [0.25, 0.3) is 0 Å². The lowest BCUT2D eigenvalue weighted by Crippen LogP contribution is -2.29. The van der Waals surface area contributed by atoms with Gasteiger partial charge in [0.2, 0.25) is 0 Å². The Balaban J connectivity index is 4.33.